The molecule has 1 N–H and O–H groups in total. The highest BCUT2D eigenvalue weighted by Crippen LogP contribution is 2.40. The molecule has 2 fully saturated rings. The molecule has 1 saturated carbocycles. The zero-order valence-electron chi connectivity index (χ0n) is 18.6. The molecule has 1 saturated heterocycles. The third-order valence-corrected chi connectivity index (χ3v) is 6.72. The molecule has 3 aromatic rings. The third kappa shape index (κ3) is 6.01. The molecule has 2 aromatic carbocycles. The number of aromatic nitrogens is 3. The fourth-order valence-electron chi connectivity index (χ4n) is 4.03. The Morgan fingerprint density at radius 1 is 1.09 bits per heavy atom. The first-order valence-corrected chi connectivity index (χ1v) is 12.5. The molecule has 1 aromatic heterocycles. The molecule has 0 spiro atoms. The Morgan fingerprint density at radius 2 is 1.85 bits per heavy atom. The van der Waals surface area contributed by atoms with Gasteiger partial charge in [-0.15, -0.1) is 5.10 Å². The van der Waals surface area contributed by atoms with E-state index < -0.39 is 0 Å². The van der Waals surface area contributed by atoms with Gasteiger partial charge in [0.25, 0.3) is 0 Å². The van der Waals surface area contributed by atoms with Gasteiger partial charge in [-0.05, 0) is 30.5 Å². The predicted octanol–water partition coefficient (Wildman–Crippen LogP) is 3.25. The van der Waals surface area contributed by atoms with Crippen molar-refractivity contribution in [3.63, 3.8) is 0 Å². The van der Waals surface area contributed by atoms with Crippen molar-refractivity contribution in [3.8, 4) is 5.69 Å². The molecule has 0 radical (unpaired) electrons. The first-order chi connectivity index (χ1) is 16.2. The standard InChI is InChI=1S/C25H29N5O2S/c31-23(26-15-22-17-29(13-14-32-22)16-19-7-3-1-4-8-19)18-33-25-27-24(20-11-12-20)30(28-25)21-9-5-2-6-10-21/h1-10,20,22H,11-18H2,(H,26,31)/t22-/m0/s1. The van der Waals surface area contributed by atoms with Crippen LogP contribution in [0.15, 0.2) is 65.8 Å². The normalized spacial score (nSPS) is 18.8. The lowest BCUT2D eigenvalue weighted by atomic mass is 10.2. The average molecular weight is 464 g/mol. The van der Waals surface area contributed by atoms with Crippen molar-refractivity contribution >= 4 is 17.7 Å². The summed E-state index contributed by atoms with van der Waals surface area (Å²) >= 11 is 1.39. The van der Waals surface area contributed by atoms with Gasteiger partial charge in [-0.3, -0.25) is 9.69 Å². The van der Waals surface area contributed by atoms with Crippen LogP contribution in [0.5, 0.6) is 0 Å². The zero-order valence-corrected chi connectivity index (χ0v) is 19.4. The molecular weight excluding hydrogens is 434 g/mol. The van der Waals surface area contributed by atoms with Crippen LogP contribution in [0, 0.1) is 0 Å². The quantitative estimate of drug-likeness (QED) is 0.491. The van der Waals surface area contributed by atoms with E-state index in [1.807, 2.05) is 41.1 Å². The maximum Gasteiger partial charge on any atom is 0.230 e. The van der Waals surface area contributed by atoms with E-state index in [0.29, 0.717) is 30.0 Å². The van der Waals surface area contributed by atoms with Gasteiger partial charge in [-0.1, -0.05) is 60.3 Å². The van der Waals surface area contributed by atoms with Crippen LogP contribution < -0.4 is 5.32 Å². The van der Waals surface area contributed by atoms with Crippen molar-refractivity contribution in [1.82, 2.24) is 25.0 Å². The van der Waals surface area contributed by atoms with E-state index in [1.165, 1.54) is 17.3 Å². The molecule has 8 heteroatoms. The van der Waals surface area contributed by atoms with E-state index in [9.17, 15) is 4.79 Å². The summed E-state index contributed by atoms with van der Waals surface area (Å²) in [4.78, 5) is 19.6. The summed E-state index contributed by atoms with van der Waals surface area (Å²) in [5, 5.41) is 8.34. The molecule has 1 aliphatic carbocycles. The van der Waals surface area contributed by atoms with E-state index >= 15 is 0 Å². The van der Waals surface area contributed by atoms with Crippen LogP contribution in [0.1, 0.15) is 30.1 Å². The number of nitrogens with zero attached hydrogens (tertiary/aromatic N) is 4. The first kappa shape index (κ1) is 22.1. The number of hydrogen-bond donors (Lipinski definition) is 1. The van der Waals surface area contributed by atoms with Gasteiger partial charge in [-0.25, -0.2) is 9.67 Å². The highest BCUT2D eigenvalue weighted by atomic mass is 32.2. The molecule has 1 atom stereocenters. The minimum Gasteiger partial charge on any atom is -0.374 e. The molecule has 7 nitrogen and oxygen atoms in total. The zero-order chi connectivity index (χ0) is 22.5. The number of carbonyl (C=O) groups is 1. The highest BCUT2D eigenvalue weighted by molar-refractivity contribution is 7.99. The van der Waals surface area contributed by atoms with Crippen LogP contribution in [-0.4, -0.2) is 63.7 Å². The van der Waals surface area contributed by atoms with Crippen LogP contribution in [0.4, 0.5) is 0 Å². The van der Waals surface area contributed by atoms with Gasteiger partial charge in [0.15, 0.2) is 0 Å². The molecule has 1 amide bonds. The lowest BCUT2D eigenvalue weighted by Crippen LogP contribution is -2.47. The maximum absolute atomic E-state index is 12.5. The van der Waals surface area contributed by atoms with Gasteiger partial charge in [0.2, 0.25) is 11.1 Å². The van der Waals surface area contributed by atoms with Crippen LogP contribution >= 0.6 is 11.8 Å². The number of morpholine rings is 1. The van der Waals surface area contributed by atoms with Gasteiger partial charge >= 0.3 is 0 Å². The maximum atomic E-state index is 12.5. The van der Waals surface area contributed by atoms with Crippen LogP contribution in [0.25, 0.3) is 5.69 Å². The van der Waals surface area contributed by atoms with Crippen molar-refractivity contribution in [2.45, 2.75) is 36.6 Å². The van der Waals surface area contributed by atoms with E-state index in [-0.39, 0.29) is 12.0 Å². The minimum atomic E-state index is -0.0205. The van der Waals surface area contributed by atoms with Crippen molar-refractivity contribution in [3.05, 3.63) is 72.1 Å². The molecule has 1 aliphatic heterocycles. The number of para-hydroxylation sites is 1. The Labute approximate surface area is 198 Å². The summed E-state index contributed by atoms with van der Waals surface area (Å²) in [6, 6.07) is 20.5. The molecular formula is C25H29N5O2S. The Bertz CT molecular complexity index is 1060. The first-order valence-electron chi connectivity index (χ1n) is 11.5. The second kappa shape index (κ2) is 10.5. The molecule has 172 valence electrons. The number of thioether (sulfide) groups is 1. The Balaban J connectivity index is 1.10. The number of hydrogen-bond acceptors (Lipinski definition) is 6. The van der Waals surface area contributed by atoms with Crippen molar-refractivity contribution in [2.75, 3.05) is 32.0 Å². The molecule has 2 aliphatic rings. The molecule has 0 unspecified atom stereocenters. The van der Waals surface area contributed by atoms with Crippen LogP contribution in [0.2, 0.25) is 0 Å². The van der Waals surface area contributed by atoms with Gasteiger partial charge in [0.1, 0.15) is 5.82 Å². The van der Waals surface area contributed by atoms with Crippen LogP contribution in [-0.2, 0) is 16.1 Å². The Kier molecular flexibility index (Phi) is 7.04. The summed E-state index contributed by atoms with van der Waals surface area (Å²) in [6.45, 7) is 3.84. The molecule has 33 heavy (non-hydrogen) atoms. The molecule has 2 heterocycles. The number of benzene rings is 2. The van der Waals surface area contributed by atoms with Gasteiger partial charge in [0.05, 0.1) is 24.2 Å². The topological polar surface area (TPSA) is 72.3 Å². The largest absolute Gasteiger partial charge is 0.374 e. The van der Waals surface area contributed by atoms with Crippen LogP contribution in [0.3, 0.4) is 0 Å². The fraction of sp³-hybridized carbons (Fsp3) is 0.400. The summed E-state index contributed by atoms with van der Waals surface area (Å²) < 4.78 is 7.79. The smallest absolute Gasteiger partial charge is 0.230 e. The van der Waals surface area contributed by atoms with Gasteiger partial charge < -0.3 is 10.1 Å². The summed E-state index contributed by atoms with van der Waals surface area (Å²) in [5.74, 6) is 1.75. The lowest BCUT2D eigenvalue weighted by molar-refractivity contribution is -0.119. The third-order valence-electron chi connectivity index (χ3n) is 5.89. The van der Waals surface area contributed by atoms with Crippen molar-refractivity contribution < 1.29 is 9.53 Å². The second-order valence-electron chi connectivity index (χ2n) is 8.58. The predicted molar refractivity (Wildman–Crippen MR) is 129 cm³/mol. The average Bonchev–Trinajstić information content (AvgIpc) is 3.62. The van der Waals surface area contributed by atoms with Crippen molar-refractivity contribution in [1.29, 1.82) is 0 Å². The monoisotopic (exact) mass is 463 g/mol. The highest BCUT2D eigenvalue weighted by Gasteiger charge is 2.30. The van der Waals surface area contributed by atoms with E-state index in [0.717, 1.165) is 44.0 Å². The number of nitrogens with one attached hydrogen (secondary N) is 1. The summed E-state index contributed by atoms with van der Waals surface area (Å²) in [7, 11) is 0. The summed E-state index contributed by atoms with van der Waals surface area (Å²) in [5.41, 5.74) is 2.31. The number of rotatable bonds is 9. The van der Waals surface area contributed by atoms with Crippen molar-refractivity contribution in [2.24, 2.45) is 0 Å². The Morgan fingerprint density at radius 3 is 2.61 bits per heavy atom. The summed E-state index contributed by atoms with van der Waals surface area (Å²) in [6.07, 6.45) is 2.31. The number of amides is 1. The van der Waals surface area contributed by atoms with E-state index in [4.69, 9.17) is 9.72 Å². The fourth-order valence-corrected chi connectivity index (χ4v) is 4.69. The van der Waals surface area contributed by atoms with E-state index in [2.05, 4.69) is 39.6 Å². The number of ether oxygens (including phenoxy) is 1. The molecule has 5 rings (SSSR count). The van der Waals surface area contributed by atoms with Gasteiger partial charge in [0, 0.05) is 32.1 Å². The Hall–Kier alpha value is -2.68. The SMILES string of the molecule is O=C(CSc1nc(C2CC2)n(-c2ccccc2)n1)NC[C@H]1CN(Cc2ccccc2)CCO1. The minimum absolute atomic E-state index is 0.00768. The lowest BCUT2D eigenvalue weighted by Gasteiger charge is -2.33. The molecule has 0 bridgehead atoms. The van der Waals surface area contributed by atoms with Gasteiger partial charge in [-0.2, -0.15) is 0 Å². The van der Waals surface area contributed by atoms with E-state index in [1.54, 1.807) is 0 Å². The second-order valence-corrected chi connectivity index (χ2v) is 9.52. The number of carbonyl (C=O) groups excluding carboxylic acids is 1.